The van der Waals surface area contributed by atoms with Crippen molar-refractivity contribution >= 4 is 11.6 Å². The molecular weight excluding hydrogens is 1240 g/mol. The van der Waals surface area contributed by atoms with Crippen LogP contribution in [-0.4, -0.2) is 151 Å². The van der Waals surface area contributed by atoms with Crippen molar-refractivity contribution in [2.75, 3.05) is 97.0 Å². The van der Waals surface area contributed by atoms with Crippen LogP contribution in [0.3, 0.4) is 0 Å². The number of methoxy groups -OCH3 is 6. The van der Waals surface area contributed by atoms with E-state index in [1.807, 2.05) is 42.5 Å². The zero-order valence-electron chi connectivity index (χ0n) is 57.4. The molecule has 8 aromatic rings. The molecule has 4 aliphatic carbocycles. The minimum absolute atomic E-state index is 0. The van der Waals surface area contributed by atoms with E-state index in [0.717, 1.165) is 111 Å². The molecule has 7 aliphatic rings. The Balaban J connectivity index is 0.000000151. The van der Waals surface area contributed by atoms with Gasteiger partial charge in [0.15, 0.2) is 34.5 Å². The fourth-order valence-corrected chi connectivity index (χ4v) is 17.0. The van der Waals surface area contributed by atoms with E-state index in [0.29, 0.717) is 40.9 Å². The number of halogens is 1. The Morgan fingerprint density at radius 2 is 0.745 bits per heavy atom. The molecule has 8 aromatic carbocycles. The third kappa shape index (κ3) is 15.4. The zero-order chi connectivity index (χ0) is 66.4. The summed E-state index contributed by atoms with van der Waals surface area (Å²) in [6.07, 6.45) is 12.7. The van der Waals surface area contributed by atoms with Crippen molar-refractivity contribution in [3.8, 4) is 40.2 Å². The second kappa shape index (κ2) is 33.5. The SMILES string of the molecule is C.C.C.CN1CCc2cc(Cl)c(O)cc2[C@H]2c3ccccc3CC[C@@H]21.COc1cc2c(cc1OC)[C@@H]1c3ccccc3CC[C@@H]1N(C)CC2.COc1cc2c(cc1OC)[C@H]1c3ccccc3CC[C@@H]1N(C)CC2.COc1ccc(CCN(C)C2CCc3ccccc3C2O)cc1OC. The molecule has 3 heterocycles. The highest BCUT2D eigenvalue weighted by Gasteiger charge is 2.40. The largest absolute Gasteiger partial charge is 0.506 e. The molecule has 0 aromatic heterocycles. The molecule has 0 spiro atoms. The summed E-state index contributed by atoms with van der Waals surface area (Å²) in [5.74, 6) is 6.21. The Bertz CT molecular complexity index is 3840. The van der Waals surface area contributed by atoms with E-state index in [2.05, 4.69) is 157 Å². The van der Waals surface area contributed by atoms with Crippen molar-refractivity contribution in [2.45, 2.75) is 147 Å². The molecule has 0 radical (unpaired) electrons. The number of fused-ring (bicyclic) bond motifs is 16. The van der Waals surface area contributed by atoms with E-state index in [1.165, 1.54) is 110 Å². The lowest BCUT2D eigenvalue weighted by atomic mass is 9.74. The van der Waals surface area contributed by atoms with Crippen LogP contribution in [0.1, 0.15) is 155 Å². The van der Waals surface area contributed by atoms with Crippen LogP contribution in [0, 0.1) is 0 Å². The van der Waals surface area contributed by atoms with Gasteiger partial charge in [-0.1, -0.05) is 137 Å². The number of aliphatic hydroxyl groups is 1. The number of aromatic hydroxyl groups is 1. The van der Waals surface area contributed by atoms with E-state index >= 15 is 0 Å². The van der Waals surface area contributed by atoms with E-state index in [-0.39, 0.29) is 34.1 Å². The van der Waals surface area contributed by atoms with Crippen molar-refractivity contribution in [3.05, 3.63) is 240 Å². The van der Waals surface area contributed by atoms with Gasteiger partial charge in [-0.15, -0.1) is 0 Å². The highest BCUT2D eigenvalue weighted by atomic mass is 35.5. The molecular formula is C85H109ClN4O8. The first-order chi connectivity index (χ1) is 46.2. The molecule has 524 valence electrons. The molecule has 0 amide bonds. The average molecular weight is 1350 g/mol. The monoisotopic (exact) mass is 1350 g/mol. The molecule has 0 fully saturated rings. The summed E-state index contributed by atoms with van der Waals surface area (Å²) < 4.78 is 32.9. The fourth-order valence-electron chi connectivity index (χ4n) is 16.9. The number of benzene rings is 8. The number of hydrogen-bond acceptors (Lipinski definition) is 12. The second-order valence-corrected chi connectivity index (χ2v) is 27.4. The average Bonchev–Trinajstić information content (AvgIpc) is 1.44. The lowest BCUT2D eigenvalue weighted by Gasteiger charge is -2.38. The van der Waals surface area contributed by atoms with Gasteiger partial charge in [0.05, 0.1) is 53.8 Å². The Morgan fingerprint density at radius 3 is 1.16 bits per heavy atom. The number of rotatable bonds is 10. The molecule has 12 nitrogen and oxygen atoms in total. The number of hydrogen-bond donors (Lipinski definition) is 2. The number of nitrogens with zero attached hydrogens (tertiary/aromatic N) is 4. The zero-order valence-corrected chi connectivity index (χ0v) is 58.1. The molecule has 8 atom stereocenters. The van der Waals surface area contributed by atoms with Crippen LogP contribution in [0.5, 0.6) is 40.2 Å². The van der Waals surface area contributed by atoms with Gasteiger partial charge >= 0.3 is 0 Å². The van der Waals surface area contributed by atoms with Gasteiger partial charge in [0.1, 0.15) is 5.75 Å². The number of ether oxygens (including phenoxy) is 6. The van der Waals surface area contributed by atoms with E-state index in [4.69, 9.17) is 40.0 Å². The van der Waals surface area contributed by atoms with Gasteiger partial charge in [-0.2, -0.15) is 0 Å². The Morgan fingerprint density at radius 1 is 0.398 bits per heavy atom. The number of aryl methyl sites for hydroxylation is 4. The smallest absolute Gasteiger partial charge is 0.161 e. The molecule has 0 saturated heterocycles. The van der Waals surface area contributed by atoms with Crippen molar-refractivity contribution < 1.29 is 38.6 Å². The third-order valence-corrected chi connectivity index (χ3v) is 22.4. The van der Waals surface area contributed by atoms with Crippen LogP contribution in [0.4, 0.5) is 0 Å². The molecule has 98 heavy (non-hydrogen) atoms. The standard InChI is InChI=1S/C21H27NO3.2C21H25NO2.C19H20ClNO.3CH4/c1-22(13-12-15-8-11-19(24-2)20(14-15)25-3)18-10-9-16-6-4-5-7-17(16)21(18)23;2*1-22-11-10-15-12-19(23-2)20(24-3)13-17(15)21-16-7-5-4-6-14(16)8-9-18(21)22;1-21-9-8-13-10-16(20)18(22)11-15(13)19-14-5-3-2-4-12(14)6-7-17(19)21;;;/h4-8,11,14,18,21,23H,9-10,12-13H2,1-3H3;2*4-7,12-13,18,21H,8-11H2,1-3H3;2-5,10-11,17,19,22H,6-9H2,1H3;3*1H4/t;18-,21+;18-,21-;17-,19+;;;/m.000.../s1. The summed E-state index contributed by atoms with van der Waals surface area (Å²) >= 11 is 6.15. The van der Waals surface area contributed by atoms with Crippen LogP contribution in [0.25, 0.3) is 0 Å². The fraction of sp³-hybridized carbons (Fsp3) is 0.435. The topological polar surface area (TPSA) is 109 Å². The van der Waals surface area contributed by atoms with Gasteiger partial charge in [-0.05, 0) is 237 Å². The quantitative estimate of drug-likeness (QED) is 0.136. The van der Waals surface area contributed by atoms with Crippen LogP contribution in [0.2, 0.25) is 5.02 Å². The Labute approximate surface area is 591 Å². The predicted molar refractivity (Wildman–Crippen MR) is 402 cm³/mol. The Hall–Kier alpha value is -7.55. The van der Waals surface area contributed by atoms with Gasteiger partial charge < -0.3 is 58.2 Å². The van der Waals surface area contributed by atoms with Crippen molar-refractivity contribution in [1.82, 2.24) is 19.6 Å². The molecule has 13 heteroatoms. The van der Waals surface area contributed by atoms with E-state index in [9.17, 15) is 10.2 Å². The minimum atomic E-state index is -0.416. The van der Waals surface area contributed by atoms with Gasteiger partial charge in [0, 0.05) is 68.1 Å². The number of phenolic OH excluding ortho intramolecular Hbond substituents is 1. The summed E-state index contributed by atoms with van der Waals surface area (Å²) in [4.78, 5) is 9.84. The van der Waals surface area contributed by atoms with E-state index < -0.39 is 6.10 Å². The molecule has 2 unspecified atom stereocenters. The molecule has 3 aliphatic heterocycles. The third-order valence-electron chi connectivity index (χ3n) is 22.1. The normalized spacial score (nSPS) is 21.6. The lowest BCUT2D eigenvalue weighted by molar-refractivity contribution is 0.0505. The summed E-state index contributed by atoms with van der Waals surface area (Å²) in [5, 5.41) is 21.3. The maximum Gasteiger partial charge on any atom is 0.161 e. The summed E-state index contributed by atoms with van der Waals surface area (Å²) in [6.45, 7) is 4.11. The summed E-state index contributed by atoms with van der Waals surface area (Å²) in [7, 11) is 19.0. The molecule has 0 saturated carbocycles. The first kappa shape index (κ1) is 74.7. The van der Waals surface area contributed by atoms with Crippen molar-refractivity contribution in [2.24, 2.45) is 0 Å². The maximum absolute atomic E-state index is 10.8. The second-order valence-electron chi connectivity index (χ2n) is 27.0. The van der Waals surface area contributed by atoms with Crippen LogP contribution >= 0.6 is 11.6 Å². The maximum atomic E-state index is 10.8. The minimum Gasteiger partial charge on any atom is -0.506 e. The van der Waals surface area contributed by atoms with Gasteiger partial charge in [-0.25, -0.2) is 0 Å². The van der Waals surface area contributed by atoms with E-state index in [1.54, 1.807) is 42.7 Å². The van der Waals surface area contributed by atoms with Crippen molar-refractivity contribution in [1.29, 1.82) is 0 Å². The number of phenols is 1. The Kier molecular flexibility index (Phi) is 25.6. The van der Waals surface area contributed by atoms with Crippen LogP contribution in [-0.2, 0) is 51.4 Å². The molecule has 2 N–H and O–H groups in total. The lowest BCUT2D eigenvalue weighted by Crippen LogP contribution is -2.40. The first-order valence-corrected chi connectivity index (χ1v) is 34.6. The predicted octanol–water partition coefficient (Wildman–Crippen LogP) is 16.4. The number of likely N-dealkylation sites (N-methyl/N-ethyl adjacent to an activating group) is 4. The highest BCUT2D eigenvalue weighted by Crippen LogP contribution is 2.49. The summed E-state index contributed by atoms with van der Waals surface area (Å²) in [5.41, 5.74) is 20.5. The first-order valence-electron chi connectivity index (χ1n) is 34.3. The molecule has 15 rings (SSSR count). The van der Waals surface area contributed by atoms with Gasteiger partial charge in [0.2, 0.25) is 0 Å². The van der Waals surface area contributed by atoms with Crippen molar-refractivity contribution in [3.63, 3.8) is 0 Å². The van der Waals surface area contributed by atoms with Gasteiger partial charge in [-0.3, -0.25) is 0 Å². The highest BCUT2D eigenvalue weighted by molar-refractivity contribution is 6.32. The van der Waals surface area contributed by atoms with Crippen LogP contribution < -0.4 is 28.4 Å². The van der Waals surface area contributed by atoms with Crippen LogP contribution in [0.15, 0.2) is 152 Å². The molecule has 0 bridgehead atoms. The van der Waals surface area contributed by atoms with Gasteiger partial charge in [0.25, 0.3) is 0 Å². The number of aliphatic hydroxyl groups excluding tert-OH is 1. The summed E-state index contributed by atoms with van der Waals surface area (Å²) in [6, 6.07) is 55.3.